The number of nitrogens with one attached hydrogen (secondary N) is 2. The average molecular weight is 531 g/mol. The van der Waals surface area contributed by atoms with Gasteiger partial charge in [0.1, 0.15) is 5.52 Å². The lowest BCUT2D eigenvalue weighted by molar-refractivity contribution is 0.0550. The lowest BCUT2D eigenvalue weighted by atomic mass is 9.86. The first-order valence-electron chi connectivity index (χ1n) is 12.7. The third kappa shape index (κ3) is 4.31. The van der Waals surface area contributed by atoms with E-state index in [1.54, 1.807) is 12.3 Å². The van der Waals surface area contributed by atoms with E-state index < -0.39 is 10.0 Å². The molecule has 3 aromatic heterocycles. The fraction of sp³-hybridized carbons (Fsp3) is 0.276. The van der Waals surface area contributed by atoms with Crippen molar-refractivity contribution in [1.82, 2.24) is 14.1 Å². The van der Waals surface area contributed by atoms with Crippen molar-refractivity contribution in [2.75, 3.05) is 24.2 Å². The summed E-state index contributed by atoms with van der Waals surface area (Å²) in [5.41, 5.74) is 4.93. The molecule has 0 saturated carbocycles. The van der Waals surface area contributed by atoms with Gasteiger partial charge in [0.05, 0.1) is 29.2 Å². The van der Waals surface area contributed by atoms with Crippen molar-refractivity contribution in [3.8, 4) is 11.3 Å². The zero-order chi connectivity index (χ0) is 26.4. The molecule has 196 valence electrons. The summed E-state index contributed by atoms with van der Waals surface area (Å²) in [6.07, 6.45) is 6.64. The maximum Gasteiger partial charge on any atom is 0.272 e. The SMILES string of the molecule is Cn1cc(-c2cc3c(NS(C)(=O)=O)cccc3n2[C@@H](c2ccccc2)C2CCOCC2)c2cc[nH]c(=O)c21. The molecule has 2 N–H and O–H groups in total. The summed E-state index contributed by atoms with van der Waals surface area (Å²) in [5.74, 6) is 0.311. The number of ether oxygens (including phenoxy) is 1. The number of sulfonamides is 1. The van der Waals surface area contributed by atoms with E-state index in [2.05, 4.69) is 38.5 Å². The van der Waals surface area contributed by atoms with Gasteiger partial charge in [0.25, 0.3) is 5.56 Å². The highest BCUT2D eigenvalue weighted by atomic mass is 32.2. The number of aryl methyl sites for hydroxylation is 1. The van der Waals surface area contributed by atoms with Gasteiger partial charge in [-0.15, -0.1) is 0 Å². The molecule has 0 unspecified atom stereocenters. The van der Waals surface area contributed by atoms with Crippen LogP contribution in [0, 0.1) is 5.92 Å². The molecule has 0 amide bonds. The number of hydrogen-bond acceptors (Lipinski definition) is 4. The Morgan fingerprint density at radius 2 is 1.79 bits per heavy atom. The number of hydrogen-bond donors (Lipinski definition) is 2. The molecule has 1 saturated heterocycles. The number of benzene rings is 2. The van der Waals surface area contributed by atoms with Gasteiger partial charge in [-0.2, -0.15) is 0 Å². The van der Waals surface area contributed by atoms with Gasteiger partial charge < -0.3 is 18.9 Å². The Labute approximate surface area is 220 Å². The largest absolute Gasteiger partial charge is 0.381 e. The maximum atomic E-state index is 12.7. The number of anilines is 1. The first-order chi connectivity index (χ1) is 18.3. The van der Waals surface area contributed by atoms with Crippen molar-refractivity contribution in [3.05, 3.63) is 89.0 Å². The summed E-state index contributed by atoms with van der Waals surface area (Å²) in [6.45, 7) is 1.40. The molecule has 1 atom stereocenters. The molecule has 2 aromatic carbocycles. The standard InChI is InChI=1S/C29H30N4O4S/c1-32-18-23(21-11-14-30-29(34)28(21)32)26-17-22-24(31-38(2,35)36)9-6-10-25(22)33(26)27(19-7-4-3-5-8-19)20-12-15-37-16-13-20/h3-11,14,17-18,20,27,31H,12-13,15-16H2,1-2H3,(H,30,34)/t27-/m0/s1. The van der Waals surface area contributed by atoms with Gasteiger partial charge in [-0.05, 0) is 48.6 Å². The quantitative estimate of drug-likeness (QED) is 0.327. The first kappa shape index (κ1) is 24.5. The van der Waals surface area contributed by atoms with Gasteiger partial charge in [-0.1, -0.05) is 36.4 Å². The highest BCUT2D eigenvalue weighted by Crippen LogP contribution is 2.43. The highest BCUT2D eigenvalue weighted by Gasteiger charge is 2.31. The van der Waals surface area contributed by atoms with E-state index in [4.69, 9.17) is 4.74 Å². The van der Waals surface area contributed by atoms with E-state index in [9.17, 15) is 13.2 Å². The summed E-state index contributed by atoms with van der Waals surface area (Å²) in [7, 11) is -1.62. The average Bonchev–Trinajstić information content (AvgIpc) is 3.44. The van der Waals surface area contributed by atoms with E-state index in [1.807, 2.05) is 48.1 Å². The van der Waals surface area contributed by atoms with Crippen LogP contribution < -0.4 is 10.3 Å². The predicted molar refractivity (Wildman–Crippen MR) is 151 cm³/mol. The smallest absolute Gasteiger partial charge is 0.272 e. The van der Waals surface area contributed by atoms with Crippen LogP contribution in [0.3, 0.4) is 0 Å². The Hall–Kier alpha value is -3.82. The maximum absolute atomic E-state index is 12.7. The number of aromatic amines is 1. The number of nitrogens with zero attached hydrogens (tertiary/aromatic N) is 2. The molecule has 0 radical (unpaired) electrons. The van der Waals surface area contributed by atoms with Crippen LogP contribution in [0.5, 0.6) is 0 Å². The number of fused-ring (bicyclic) bond motifs is 2. The van der Waals surface area contributed by atoms with Crippen molar-refractivity contribution in [1.29, 1.82) is 0 Å². The fourth-order valence-corrected chi connectivity index (χ4v) is 6.51. The molecule has 38 heavy (non-hydrogen) atoms. The van der Waals surface area contributed by atoms with Crippen LogP contribution in [-0.4, -0.2) is 42.0 Å². The van der Waals surface area contributed by atoms with Crippen LogP contribution in [0.15, 0.2) is 77.9 Å². The molecule has 0 spiro atoms. The molecule has 1 fully saturated rings. The Kier molecular flexibility index (Phi) is 6.12. The van der Waals surface area contributed by atoms with Gasteiger partial charge in [0.15, 0.2) is 0 Å². The van der Waals surface area contributed by atoms with Crippen LogP contribution in [0.25, 0.3) is 33.1 Å². The van der Waals surface area contributed by atoms with Crippen LogP contribution in [0.4, 0.5) is 5.69 Å². The second-order valence-corrected chi connectivity index (χ2v) is 11.8. The number of pyridine rings is 1. The zero-order valence-electron chi connectivity index (χ0n) is 21.3. The number of aromatic nitrogens is 3. The van der Waals surface area contributed by atoms with Crippen LogP contribution in [-0.2, 0) is 21.8 Å². The Morgan fingerprint density at radius 1 is 1.03 bits per heavy atom. The van der Waals surface area contributed by atoms with Crippen molar-refractivity contribution >= 4 is 37.5 Å². The van der Waals surface area contributed by atoms with Gasteiger partial charge in [-0.25, -0.2) is 8.42 Å². The molecule has 1 aliphatic heterocycles. The molecular weight excluding hydrogens is 500 g/mol. The number of rotatable bonds is 6. The molecule has 6 rings (SSSR count). The normalized spacial score (nSPS) is 15.7. The van der Waals surface area contributed by atoms with Gasteiger partial charge in [-0.3, -0.25) is 9.52 Å². The Morgan fingerprint density at radius 3 is 2.53 bits per heavy atom. The van der Waals surface area contributed by atoms with E-state index in [1.165, 1.54) is 5.56 Å². The molecule has 4 heterocycles. The lowest BCUT2D eigenvalue weighted by Crippen LogP contribution is -2.27. The third-order valence-electron chi connectivity index (χ3n) is 7.49. The summed E-state index contributed by atoms with van der Waals surface area (Å²) in [5, 5.41) is 1.65. The predicted octanol–water partition coefficient (Wildman–Crippen LogP) is 4.88. The van der Waals surface area contributed by atoms with Crippen molar-refractivity contribution in [3.63, 3.8) is 0 Å². The molecule has 5 aromatic rings. The van der Waals surface area contributed by atoms with E-state index in [0.717, 1.165) is 46.6 Å². The second kappa shape index (κ2) is 9.49. The van der Waals surface area contributed by atoms with Gasteiger partial charge in [0, 0.05) is 49.0 Å². The Bertz CT molecular complexity index is 1800. The van der Waals surface area contributed by atoms with Crippen molar-refractivity contribution in [2.24, 2.45) is 13.0 Å². The molecule has 1 aliphatic rings. The van der Waals surface area contributed by atoms with E-state index >= 15 is 0 Å². The summed E-state index contributed by atoms with van der Waals surface area (Å²) < 4.78 is 37.1. The fourth-order valence-electron chi connectivity index (χ4n) is 5.93. The highest BCUT2D eigenvalue weighted by molar-refractivity contribution is 7.92. The summed E-state index contributed by atoms with van der Waals surface area (Å²) >= 11 is 0. The lowest BCUT2D eigenvalue weighted by Gasteiger charge is -2.34. The topological polar surface area (TPSA) is 98.1 Å². The van der Waals surface area contributed by atoms with Crippen molar-refractivity contribution < 1.29 is 13.2 Å². The minimum absolute atomic E-state index is 0.0154. The van der Waals surface area contributed by atoms with Gasteiger partial charge in [0.2, 0.25) is 10.0 Å². The molecule has 9 heteroatoms. The second-order valence-electron chi connectivity index (χ2n) is 10.0. The first-order valence-corrected chi connectivity index (χ1v) is 14.6. The zero-order valence-corrected chi connectivity index (χ0v) is 22.2. The van der Waals surface area contributed by atoms with Gasteiger partial charge >= 0.3 is 0 Å². The van der Waals surface area contributed by atoms with E-state index in [0.29, 0.717) is 30.3 Å². The summed E-state index contributed by atoms with van der Waals surface area (Å²) in [6, 6.07) is 20.1. The minimum atomic E-state index is -3.49. The minimum Gasteiger partial charge on any atom is -0.381 e. The van der Waals surface area contributed by atoms with E-state index in [-0.39, 0.29) is 11.6 Å². The van der Waals surface area contributed by atoms with Crippen LogP contribution in [0.2, 0.25) is 0 Å². The number of H-pyrrole nitrogens is 1. The van der Waals surface area contributed by atoms with Crippen LogP contribution in [0.1, 0.15) is 24.4 Å². The molecule has 8 nitrogen and oxygen atoms in total. The Balaban J connectivity index is 1.70. The molecule has 0 aliphatic carbocycles. The van der Waals surface area contributed by atoms with Crippen molar-refractivity contribution in [2.45, 2.75) is 18.9 Å². The third-order valence-corrected chi connectivity index (χ3v) is 8.08. The van der Waals surface area contributed by atoms with Crippen LogP contribution >= 0.6 is 0 Å². The molecular formula is C29H30N4O4S. The monoisotopic (exact) mass is 530 g/mol. The summed E-state index contributed by atoms with van der Waals surface area (Å²) in [4.78, 5) is 15.5. The molecule has 0 bridgehead atoms.